The number of halogens is 2. The first-order valence-corrected chi connectivity index (χ1v) is 8.91. The van der Waals surface area contributed by atoms with Gasteiger partial charge < -0.3 is 10.1 Å². The van der Waals surface area contributed by atoms with E-state index in [1.165, 1.54) is 12.1 Å². The van der Waals surface area contributed by atoms with Gasteiger partial charge in [-0.25, -0.2) is 8.42 Å². The van der Waals surface area contributed by atoms with Crippen LogP contribution < -0.4 is 10.1 Å². The van der Waals surface area contributed by atoms with Crippen molar-refractivity contribution in [1.82, 2.24) is 0 Å². The van der Waals surface area contributed by atoms with Crippen molar-refractivity contribution in [3.05, 3.63) is 54.1 Å². The number of sulfone groups is 1. The minimum Gasteiger partial charge on any atom is -0.481 e. The number of amides is 1. The van der Waals surface area contributed by atoms with Crippen LogP contribution in [-0.2, 0) is 14.6 Å². The van der Waals surface area contributed by atoms with Crippen LogP contribution in [0, 0.1) is 6.92 Å². The van der Waals surface area contributed by atoms with Gasteiger partial charge in [-0.1, -0.05) is 12.1 Å². The Morgan fingerprint density at radius 2 is 1.76 bits per heavy atom. The van der Waals surface area contributed by atoms with Gasteiger partial charge >= 0.3 is 5.76 Å². The number of rotatable bonds is 6. The Kier molecular flexibility index (Phi) is 5.73. The van der Waals surface area contributed by atoms with Gasteiger partial charge in [0.2, 0.25) is 9.84 Å². The van der Waals surface area contributed by atoms with Crippen LogP contribution in [0.5, 0.6) is 5.75 Å². The predicted molar refractivity (Wildman–Crippen MR) is 89.5 cm³/mol. The molecule has 0 radical (unpaired) electrons. The molecule has 0 aliphatic carbocycles. The van der Waals surface area contributed by atoms with Crippen molar-refractivity contribution in [3.63, 3.8) is 0 Å². The molecule has 25 heavy (non-hydrogen) atoms. The van der Waals surface area contributed by atoms with E-state index in [0.717, 1.165) is 17.7 Å². The van der Waals surface area contributed by atoms with E-state index in [-0.39, 0.29) is 5.69 Å². The zero-order chi connectivity index (χ0) is 18.6. The molecule has 2 rings (SSSR count). The number of aryl methyl sites for hydroxylation is 1. The molecule has 0 heterocycles. The molecule has 1 atom stereocenters. The number of carbonyl (C=O) groups excluding carboxylic acids is 1. The molecule has 2 aromatic rings. The van der Waals surface area contributed by atoms with Crippen LogP contribution in [0.15, 0.2) is 53.4 Å². The number of carbonyl (C=O) groups is 1. The largest absolute Gasteiger partial charge is 0.481 e. The molecular formula is C17H17F2NO4S. The van der Waals surface area contributed by atoms with Gasteiger partial charge in [0.25, 0.3) is 5.91 Å². The van der Waals surface area contributed by atoms with Crippen LogP contribution >= 0.6 is 0 Å². The lowest BCUT2D eigenvalue weighted by molar-refractivity contribution is -0.122. The smallest absolute Gasteiger partial charge is 0.341 e. The van der Waals surface area contributed by atoms with E-state index >= 15 is 0 Å². The van der Waals surface area contributed by atoms with Crippen LogP contribution in [0.1, 0.15) is 12.5 Å². The van der Waals surface area contributed by atoms with Gasteiger partial charge in [0.1, 0.15) is 5.75 Å². The maximum absolute atomic E-state index is 12.5. The van der Waals surface area contributed by atoms with Crippen molar-refractivity contribution >= 4 is 21.4 Å². The number of hydrogen-bond acceptors (Lipinski definition) is 4. The fourth-order valence-corrected chi connectivity index (χ4v) is 2.74. The van der Waals surface area contributed by atoms with Crippen LogP contribution in [-0.4, -0.2) is 26.2 Å². The molecule has 0 saturated carbocycles. The Morgan fingerprint density at radius 3 is 2.32 bits per heavy atom. The minimum absolute atomic E-state index is 0.276. The second-order valence-electron chi connectivity index (χ2n) is 5.40. The van der Waals surface area contributed by atoms with Gasteiger partial charge in [-0.2, -0.15) is 8.78 Å². The zero-order valence-electron chi connectivity index (χ0n) is 13.6. The second kappa shape index (κ2) is 7.60. The molecule has 0 saturated heterocycles. The number of hydrogen-bond donors (Lipinski definition) is 1. The molecule has 2 aromatic carbocycles. The van der Waals surface area contributed by atoms with E-state index in [1.807, 2.05) is 13.0 Å². The van der Waals surface area contributed by atoms with E-state index in [1.54, 1.807) is 25.1 Å². The third-order valence-electron chi connectivity index (χ3n) is 3.36. The van der Waals surface area contributed by atoms with Crippen molar-refractivity contribution in [3.8, 4) is 5.75 Å². The topological polar surface area (TPSA) is 72.5 Å². The van der Waals surface area contributed by atoms with Crippen LogP contribution in [0.3, 0.4) is 0 Å². The van der Waals surface area contributed by atoms with Crippen LogP contribution in [0.2, 0.25) is 0 Å². The monoisotopic (exact) mass is 369 g/mol. The summed E-state index contributed by atoms with van der Waals surface area (Å²) in [5.74, 6) is -3.40. The Morgan fingerprint density at radius 1 is 1.12 bits per heavy atom. The summed E-state index contributed by atoms with van der Waals surface area (Å²) in [5.41, 5.74) is 1.26. The summed E-state index contributed by atoms with van der Waals surface area (Å²) >= 11 is 0. The van der Waals surface area contributed by atoms with Crippen molar-refractivity contribution in [2.75, 3.05) is 5.32 Å². The Bertz CT molecular complexity index is 851. The molecule has 1 N–H and O–H groups in total. The number of ether oxygens (including phenoxy) is 1. The summed E-state index contributed by atoms with van der Waals surface area (Å²) in [6.07, 6.45) is -0.800. The van der Waals surface area contributed by atoms with Gasteiger partial charge in [-0.15, -0.1) is 0 Å². The Hall–Kier alpha value is -2.48. The lowest BCUT2D eigenvalue weighted by Crippen LogP contribution is -2.30. The third kappa shape index (κ3) is 4.76. The van der Waals surface area contributed by atoms with Gasteiger partial charge in [0.05, 0.1) is 4.90 Å². The molecule has 0 bridgehead atoms. The molecule has 8 heteroatoms. The summed E-state index contributed by atoms with van der Waals surface area (Å²) in [5, 5.41) is 2.54. The van der Waals surface area contributed by atoms with Crippen molar-refractivity contribution < 1.29 is 26.7 Å². The highest BCUT2D eigenvalue weighted by molar-refractivity contribution is 7.91. The van der Waals surface area contributed by atoms with Gasteiger partial charge in [-0.3, -0.25) is 4.79 Å². The number of benzene rings is 2. The molecule has 5 nitrogen and oxygen atoms in total. The predicted octanol–water partition coefficient (Wildman–Crippen LogP) is 3.40. The molecule has 0 unspecified atom stereocenters. The lowest BCUT2D eigenvalue weighted by Gasteiger charge is -2.15. The van der Waals surface area contributed by atoms with E-state index in [4.69, 9.17) is 4.74 Å². The number of alkyl halides is 2. The Balaban J connectivity index is 2.03. The van der Waals surface area contributed by atoms with Crippen LogP contribution in [0.25, 0.3) is 0 Å². The summed E-state index contributed by atoms with van der Waals surface area (Å²) in [7, 11) is -4.65. The quantitative estimate of drug-likeness (QED) is 0.847. The molecule has 1 amide bonds. The average Bonchev–Trinajstić information content (AvgIpc) is 2.55. The van der Waals surface area contributed by atoms with E-state index in [9.17, 15) is 22.0 Å². The molecule has 134 valence electrons. The maximum Gasteiger partial charge on any atom is 0.341 e. The number of nitrogens with one attached hydrogen (secondary N) is 1. The summed E-state index contributed by atoms with van der Waals surface area (Å²) < 4.78 is 53.2. The molecular weight excluding hydrogens is 352 g/mol. The Labute approximate surface area is 144 Å². The van der Waals surface area contributed by atoms with Gasteiger partial charge in [0, 0.05) is 5.69 Å². The molecule has 0 spiro atoms. The van der Waals surface area contributed by atoms with Gasteiger partial charge in [0.15, 0.2) is 6.10 Å². The molecule has 0 aliphatic rings. The first-order chi connectivity index (χ1) is 11.7. The van der Waals surface area contributed by atoms with E-state index in [0.29, 0.717) is 5.75 Å². The van der Waals surface area contributed by atoms with E-state index < -0.39 is 32.5 Å². The number of anilines is 1. The SMILES string of the molecule is Cc1cccc(O[C@H](C)C(=O)Nc2ccc(S(=O)(=O)C(F)F)cc2)c1. The fourth-order valence-electron chi connectivity index (χ4n) is 2.02. The first kappa shape index (κ1) is 18.9. The average molecular weight is 369 g/mol. The van der Waals surface area contributed by atoms with Crippen LogP contribution in [0.4, 0.5) is 14.5 Å². The molecule has 0 fully saturated rings. The highest BCUT2D eigenvalue weighted by atomic mass is 32.2. The third-order valence-corrected chi connectivity index (χ3v) is 4.75. The maximum atomic E-state index is 12.5. The molecule has 0 aliphatic heterocycles. The minimum atomic E-state index is -4.65. The summed E-state index contributed by atoms with van der Waals surface area (Å²) in [6, 6.07) is 11.7. The second-order valence-corrected chi connectivity index (χ2v) is 7.31. The molecule has 0 aromatic heterocycles. The fraction of sp³-hybridized carbons (Fsp3) is 0.235. The standard InChI is InChI=1S/C17H17F2NO4S/c1-11-4-3-5-14(10-11)24-12(2)16(21)20-13-6-8-15(9-7-13)25(22,23)17(18)19/h3-10,12,17H,1-2H3,(H,20,21)/t12-/m1/s1. The highest BCUT2D eigenvalue weighted by Crippen LogP contribution is 2.21. The highest BCUT2D eigenvalue weighted by Gasteiger charge is 2.26. The lowest BCUT2D eigenvalue weighted by atomic mass is 10.2. The zero-order valence-corrected chi connectivity index (χ0v) is 14.4. The van der Waals surface area contributed by atoms with Gasteiger partial charge in [-0.05, 0) is 55.8 Å². The van der Waals surface area contributed by atoms with E-state index in [2.05, 4.69) is 5.32 Å². The first-order valence-electron chi connectivity index (χ1n) is 7.36. The summed E-state index contributed by atoms with van der Waals surface area (Å²) in [4.78, 5) is 11.6. The van der Waals surface area contributed by atoms with Crippen molar-refractivity contribution in [2.45, 2.75) is 30.6 Å². The summed E-state index contributed by atoms with van der Waals surface area (Å²) in [6.45, 7) is 3.46. The van der Waals surface area contributed by atoms with Crippen molar-refractivity contribution in [1.29, 1.82) is 0 Å². The van der Waals surface area contributed by atoms with Crippen molar-refractivity contribution in [2.24, 2.45) is 0 Å². The normalized spacial score (nSPS) is 12.7.